The summed E-state index contributed by atoms with van der Waals surface area (Å²) in [6.07, 6.45) is 2.86. The van der Waals surface area contributed by atoms with Crippen LogP contribution in [0.4, 0.5) is 0 Å². The zero-order valence-electron chi connectivity index (χ0n) is 9.94. The third kappa shape index (κ3) is 3.00. The molecule has 1 aliphatic heterocycles. The molecular formula is C12H19N3O. The van der Waals surface area contributed by atoms with E-state index in [9.17, 15) is 0 Å². The van der Waals surface area contributed by atoms with Gasteiger partial charge in [-0.2, -0.15) is 0 Å². The van der Waals surface area contributed by atoms with Crippen molar-refractivity contribution in [2.24, 2.45) is 0 Å². The van der Waals surface area contributed by atoms with Gasteiger partial charge in [0.15, 0.2) is 0 Å². The number of nitrogens with one attached hydrogen (secondary N) is 1. The van der Waals surface area contributed by atoms with Crippen LogP contribution < -0.4 is 5.32 Å². The lowest BCUT2D eigenvalue weighted by atomic mass is 10.1. The first kappa shape index (κ1) is 11.5. The van der Waals surface area contributed by atoms with Gasteiger partial charge in [0.2, 0.25) is 0 Å². The van der Waals surface area contributed by atoms with Crippen LogP contribution in [0.1, 0.15) is 31.3 Å². The lowest BCUT2D eigenvalue weighted by Gasteiger charge is -2.23. The molecule has 0 amide bonds. The molecule has 2 heterocycles. The molecular weight excluding hydrogens is 202 g/mol. The average molecular weight is 221 g/mol. The van der Waals surface area contributed by atoms with E-state index in [0.717, 1.165) is 37.6 Å². The van der Waals surface area contributed by atoms with Gasteiger partial charge in [-0.3, -0.25) is 0 Å². The average Bonchev–Trinajstić information content (AvgIpc) is 2.30. The number of aromatic nitrogens is 2. The van der Waals surface area contributed by atoms with Gasteiger partial charge >= 0.3 is 0 Å². The van der Waals surface area contributed by atoms with E-state index >= 15 is 0 Å². The minimum Gasteiger partial charge on any atom is -0.375 e. The summed E-state index contributed by atoms with van der Waals surface area (Å²) in [4.78, 5) is 8.84. The second kappa shape index (κ2) is 5.37. The quantitative estimate of drug-likeness (QED) is 0.831. The Labute approximate surface area is 96.4 Å². The second-order valence-electron chi connectivity index (χ2n) is 4.45. The monoisotopic (exact) mass is 221 g/mol. The van der Waals surface area contributed by atoms with Crippen molar-refractivity contribution in [3.05, 3.63) is 23.8 Å². The van der Waals surface area contributed by atoms with Crippen molar-refractivity contribution in [1.29, 1.82) is 0 Å². The highest BCUT2D eigenvalue weighted by Crippen LogP contribution is 2.11. The van der Waals surface area contributed by atoms with Gasteiger partial charge in [-0.25, -0.2) is 9.97 Å². The van der Waals surface area contributed by atoms with Crippen LogP contribution in [0.25, 0.3) is 0 Å². The van der Waals surface area contributed by atoms with Crippen LogP contribution in [0.5, 0.6) is 0 Å². The molecule has 1 aromatic heterocycles. The van der Waals surface area contributed by atoms with E-state index in [1.165, 1.54) is 0 Å². The Balaban J connectivity index is 2.00. The fraction of sp³-hybridized carbons (Fsp3) is 0.667. The van der Waals surface area contributed by atoms with Crippen molar-refractivity contribution >= 4 is 0 Å². The van der Waals surface area contributed by atoms with Gasteiger partial charge in [-0.1, -0.05) is 13.8 Å². The zero-order chi connectivity index (χ0) is 11.4. The van der Waals surface area contributed by atoms with Gasteiger partial charge in [0.1, 0.15) is 5.82 Å². The van der Waals surface area contributed by atoms with Crippen molar-refractivity contribution < 1.29 is 4.74 Å². The van der Waals surface area contributed by atoms with Crippen molar-refractivity contribution in [3.63, 3.8) is 0 Å². The molecule has 4 heteroatoms. The minimum absolute atomic E-state index is 0.219. The van der Waals surface area contributed by atoms with Crippen LogP contribution in [-0.2, 0) is 11.2 Å². The van der Waals surface area contributed by atoms with Crippen LogP contribution in [0.3, 0.4) is 0 Å². The SMILES string of the molecule is CC(C)c1ccnc(CC2CNCCO2)n1. The van der Waals surface area contributed by atoms with Gasteiger partial charge < -0.3 is 10.1 Å². The fourth-order valence-electron chi connectivity index (χ4n) is 1.79. The van der Waals surface area contributed by atoms with Gasteiger partial charge in [0, 0.05) is 31.4 Å². The highest BCUT2D eigenvalue weighted by Gasteiger charge is 2.15. The topological polar surface area (TPSA) is 47.0 Å². The number of hydrogen-bond acceptors (Lipinski definition) is 4. The van der Waals surface area contributed by atoms with E-state index < -0.39 is 0 Å². The molecule has 0 aromatic carbocycles. The third-order valence-corrected chi connectivity index (χ3v) is 2.73. The molecule has 2 rings (SSSR count). The first-order valence-corrected chi connectivity index (χ1v) is 5.90. The Morgan fingerprint density at radius 1 is 1.56 bits per heavy atom. The molecule has 0 bridgehead atoms. The van der Waals surface area contributed by atoms with Gasteiger partial charge in [-0.05, 0) is 12.0 Å². The lowest BCUT2D eigenvalue weighted by Crippen LogP contribution is -2.39. The molecule has 16 heavy (non-hydrogen) atoms. The molecule has 1 aliphatic rings. The highest BCUT2D eigenvalue weighted by molar-refractivity contribution is 5.07. The van der Waals surface area contributed by atoms with E-state index in [0.29, 0.717) is 5.92 Å². The molecule has 1 atom stereocenters. The summed E-state index contributed by atoms with van der Waals surface area (Å²) in [6, 6.07) is 1.98. The standard InChI is InChI=1S/C12H19N3O/c1-9(2)11-3-4-14-12(15-11)7-10-8-13-5-6-16-10/h3-4,9-10,13H,5-8H2,1-2H3. The lowest BCUT2D eigenvalue weighted by molar-refractivity contribution is 0.0280. The maximum Gasteiger partial charge on any atom is 0.131 e. The van der Waals surface area contributed by atoms with Crippen molar-refractivity contribution in [1.82, 2.24) is 15.3 Å². The molecule has 1 unspecified atom stereocenters. The first-order valence-electron chi connectivity index (χ1n) is 5.90. The largest absolute Gasteiger partial charge is 0.375 e. The number of ether oxygens (including phenoxy) is 1. The summed E-state index contributed by atoms with van der Waals surface area (Å²) in [7, 11) is 0. The molecule has 1 fully saturated rings. The summed E-state index contributed by atoms with van der Waals surface area (Å²) in [5.41, 5.74) is 1.11. The van der Waals surface area contributed by atoms with E-state index in [4.69, 9.17) is 4.74 Å². The van der Waals surface area contributed by atoms with E-state index in [1.54, 1.807) is 0 Å². The van der Waals surface area contributed by atoms with E-state index in [1.807, 2.05) is 12.3 Å². The number of nitrogens with zero attached hydrogens (tertiary/aromatic N) is 2. The molecule has 4 nitrogen and oxygen atoms in total. The van der Waals surface area contributed by atoms with Crippen LogP contribution in [0.15, 0.2) is 12.3 Å². The van der Waals surface area contributed by atoms with Crippen molar-refractivity contribution in [2.45, 2.75) is 32.3 Å². The summed E-state index contributed by atoms with van der Waals surface area (Å²) >= 11 is 0. The normalized spacial score (nSPS) is 21.3. The Morgan fingerprint density at radius 3 is 3.12 bits per heavy atom. The summed E-state index contributed by atoms with van der Waals surface area (Å²) in [5, 5.41) is 3.31. The molecule has 0 radical (unpaired) electrons. The summed E-state index contributed by atoms with van der Waals surface area (Å²) < 4.78 is 5.64. The van der Waals surface area contributed by atoms with Gasteiger partial charge in [0.05, 0.1) is 12.7 Å². The molecule has 0 spiro atoms. The number of morpholine rings is 1. The smallest absolute Gasteiger partial charge is 0.131 e. The van der Waals surface area contributed by atoms with Crippen LogP contribution in [0, 0.1) is 0 Å². The predicted molar refractivity (Wildman–Crippen MR) is 62.4 cm³/mol. The zero-order valence-corrected chi connectivity index (χ0v) is 9.94. The molecule has 1 aromatic rings. The number of hydrogen-bond donors (Lipinski definition) is 1. The maximum atomic E-state index is 5.64. The van der Waals surface area contributed by atoms with Crippen molar-refractivity contribution in [3.8, 4) is 0 Å². The highest BCUT2D eigenvalue weighted by atomic mass is 16.5. The van der Waals surface area contributed by atoms with Crippen LogP contribution >= 0.6 is 0 Å². The molecule has 0 saturated carbocycles. The maximum absolute atomic E-state index is 5.64. The predicted octanol–water partition coefficient (Wildman–Crippen LogP) is 1.13. The summed E-state index contributed by atoms with van der Waals surface area (Å²) in [6.45, 7) is 6.92. The van der Waals surface area contributed by atoms with Crippen LogP contribution in [-0.4, -0.2) is 35.8 Å². The Kier molecular flexibility index (Phi) is 3.85. The molecule has 0 aliphatic carbocycles. The van der Waals surface area contributed by atoms with Crippen LogP contribution in [0.2, 0.25) is 0 Å². The first-order chi connectivity index (χ1) is 7.75. The minimum atomic E-state index is 0.219. The Hall–Kier alpha value is -1.00. The van der Waals surface area contributed by atoms with Gasteiger partial charge in [-0.15, -0.1) is 0 Å². The second-order valence-corrected chi connectivity index (χ2v) is 4.45. The number of rotatable bonds is 3. The Morgan fingerprint density at radius 2 is 2.44 bits per heavy atom. The molecule has 1 N–H and O–H groups in total. The fourth-order valence-corrected chi connectivity index (χ4v) is 1.79. The molecule has 1 saturated heterocycles. The van der Waals surface area contributed by atoms with Crippen molar-refractivity contribution in [2.75, 3.05) is 19.7 Å². The molecule has 88 valence electrons. The van der Waals surface area contributed by atoms with E-state index in [-0.39, 0.29) is 6.10 Å². The Bertz CT molecular complexity index is 335. The summed E-state index contributed by atoms with van der Waals surface area (Å²) in [5.74, 6) is 1.34. The third-order valence-electron chi connectivity index (χ3n) is 2.73. The van der Waals surface area contributed by atoms with E-state index in [2.05, 4.69) is 29.1 Å². The van der Waals surface area contributed by atoms with Gasteiger partial charge in [0.25, 0.3) is 0 Å².